The zero-order valence-corrected chi connectivity index (χ0v) is 13.9. The molecule has 0 aromatic heterocycles. The fraction of sp³-hybridized carbons (Fsp3) is 0.158. The lowest BCUT2D eigenvalue weighted by Gasteiger charge is -2.31. The van der Waals surface area contributed by atoms with Gasteiger partial charge in [-0.25, -0.2) is 9.18 Å². The van der Waals surface area contributed by atoms with E-state index in [0.717, 1.165) is 0 Å². The van der Waals surface area contributed by atoms with Crippen molar-refractivity contribution < 1.29 is 23.6 Å². The Morgan fingerprint density at radius 2 is 1.74 bits per heavy atom. The van der Waals surface area contributed by atoms with Crippen molar-refractivity contribution in [2.75, 3.05) is 11.5 Å². The number of hydrogen-bond donors (Lipinski definition) is 0. The Hall–Kier alpha value is -3.55. The minimum absolute atomic E-state index is 0.00310. The number of nitrogens with zero attached hydrogens (tertiary/aromatic N) is 2. The molecule has 0 radical (unpaired) electrons. The lowest BCUT2D eigenvalue weighted by Crippen LogP contribution is -2.37. The average Bonchev–Trinajstić information content (AvgIpc) is 3.04. The maximum Gasteiger partial charge on any atom is 0.336 e. The van der Waals surface area contributed by atoms with Crippen LogP contribution < -0.4 is 4.90 Å². The van der Waals surface area contributed by atoms with Gasteiger partial charge in [0.25, 0.3) is 5.69 Å². The summed E-state index contributed by atoms with van der Waals surface area (Å²) in [5.41, 5.74) is 1.78. The van der Waals surface area contributed by atoms with Crippen molar-refractivity contribution in [2.45, 2.75) is 12.3 Å². The van der Waals surface area contributed by atoms with Gasteiger partial charge >= 0.3 is 5.97 Å². The van der Waals surface area contributed by atoms with Crippen molar-refractivity contribution in [3.05, 3.63) is 81.3 Å². The second kappa shape index (κ2) is 6.31. The standard InChI is InChI=1S/C19H13FN2O5/c20-12-3-7-13(8-4-12)21-16-10-27-19(24)18(16)15(9-17(21)23)11-1-5-14(6-2-11)22(25)26/h1-8,15H,9-10H2/t15-/m0/s1. The summed E-state index contributed by atoms with van der Waals surface area (Å²) in [5.74, 6) is -1.75. The van der Waals surface area contributed by atoms with Crippen molar-refractivity contribution in [3.8, 4) is 0 Å². The van der Waals surface area contributed by atoms with E-state index in [0.29, 0.717) is 22.5 Å². The highest BCUT2D eigenvalue weighted by Gasteiger charge is 2.43. The van der Waals surface area contributed by atoms with Crippen LogP contribution in [0, 0.1) is 15.9 Å². The molecule has 2 aliphatic rings. The first-order valence-electron chi connectivity index (χ1n) is 8.19. The van der Waals surface area contributed by atoms with Crippen LogP contribution in [0.25, 0.3) is 0 Å². The molecule has 2 aromatic rings. The van der Waals surface area contributed by atoms with E-state index in [4.69, 9.17) is 4.74 Å². The van der Waals surface area contributed by atoms with Crippen LogP contribution >= 0.6 is 0 Å². The third-order valence-corrected chi connectivity index (χ3v) is 4.71. The van der Waals surface area contributed by atoms with Gasteiger partial charge in [-0.2, -0.15) is 0 Å². The monoisotopic (exact) mass is 368 g/mol. The molecule has 1 amide bonds. The van der Waals surface area contributed by atoms with Crippen LogP contribution in [0.4, 0.5) is 15.8 Å². The van der Waals surface area contributed by atoms with Crippen LogP contribution in [0.1, 0.15) is 17.9 Å². The van der Waals surface area contributed by atoms with Crippen molar-refractivity contribution in [3.63, 3.8) is 0 Å². The minimum atomic E-state index is -0.542. The first-order valence-corrected chi connectivity index (χ1v) is 8.19. The summed E-state index contributed by atoms with van der Waals surface area (Å²) in [6, 6.07) is 11.2. The first-order chi connectivity index (χ1) is 13.0. The van der Waals surface area contributed by atoms with E-state index in [1.54, 1.807) is 12.1 Å². The zero-order chi connectivity index (χ0) is 19.1. The van der Waals surface area contributed by atoms with Gasteiger partial charge < -0.3 is 4.74 Å². The molecule has 0 fully saturated rings. The molecule has 2 aliphatic heterocycles. The van der Waals surface area contributed by atoms with Crippen LogP contribution in [0.2, 0.25) is 0 Å². The number of ether oxygens (including phenoxy) is 1. The van der Waals surface area contributed by atoms with Gasteiger partial charge in [0, 0.05) is 30.2 Å². The number of nitro groups is 1. The third-order valence-electron chi connectivity index (χ3n) is 4.71. The SMILES string of the molecule is O=C1OCC2=C1[C@H](c1ccc([N+](=O)[O-])cc1)CC(=O)N2c1ccc(F)cc1. The van der Waals surface area contributed by atoms with Gasteiger partial charge in [-0.3, -0.25) is 19.8 Å². The fourth-order valence-electron chi connectivity index (χ4n) is 3.46. The minimum Gasteiger partial charge on any atom is -0.456 e. The first kappa shape index (κ1) is 16.9. The van der Waals surface area contributed by atoms with Crippen molar-refractivity contribution in [1.82, 2.24) is 0 Å². The highest BCUT2D eigenvalue weighted by Crippen LogP contribution is 2.42. The average molecular weight is 368 g/mol. The van der Waals surface area contributed by atoms with E-state index in [1.807, 2.05) is 0 Å². The molecule has 0 unspecified atom stereocenters. The van der Waals surface area contributed by atoms with Crippen LogP contribution in [0.3, 0.4) is 0 Å². The number of anilines is 1. The van der Waals surface area contributed by atoms with E-state index >= 15 is 0 Å². The smallest absolute Gasteiger partial charge is 0.336 e. The molecule has 0 saturated carbocycles. The topological polar surface area (TPSA) is 89.7 Å². The Morgan fingerprint density at radius 3 is 2.37 bits per heavy atom. The molecule has 7 nitrogen and oxygen atoms in total. The lowest BCUT2D eigenvalue weighted by atomic mass is 9.84. The summed E-state index contributed by atoms with van der Waals surface area (Å²) >= 11 is 0. The molecule has 2 heterocycles. The molecular formula is C19H13FN2O5. The third kappa shape index (κ3) is 2.84. The molecule has 0 spiro atoms. The molecule has 2 aromatic carbocycles. The maximum absolute atomic E-state index is 13.2. The van der Waals surface area contributed by atoms with Crippen LogP contribution in [0.5, 0.6) is 0 Å². The van der Waals surface area contributed by atoms with Crippen molar-refractivity contribution in [2.24, 2.45) is 0 Å². The number of hydrogen-bond acceptors (Lipinski definition) is 5. The van der Waals surface area contributed by atoms with Crippen LogP contribution in [-0.2, 0) is 14.3 Å². The number of carbonyl (C=O) groups is 2. The Labute approximate surface area is 152 Å². The fourth-order valence-corrected chi connectivity index (χ4v) is 3.46. The predicted molar refractivity (Wildman–Crippen MR) is 92.3 cm³/mol. The molecule has 4 rings (SSSR count). The van der Waals surface area contributed by atoms with Crippen LogP contribution in [-0.4, -0.2) is 23.4 Å². The number of non-ortho nitro benzene ring substituents is 1. The molecule has 1 atom stereocenters. The molecule has 0 saturated heterocycles. The summed E-state index contributed by atoms with van der Waals surface area (Å²) in [6.45, 7) is -0.0548. The Kier molecular flexibility index (Phi) is 3.95. The number of cyclic esters (lactones) is 1. The normalized spacial score (nSPS) is 19.1. The molecule has 0 aliphatic carbocycles. The zero-order valence-electron chi connectivity index (χ0n) is 13.9. The van der Waals surface area contributed by atoms with E-state index in [2.05, 4.69) is 0 Å². The summed E-state index contributed by atoms with van der Waals surface area (Å²) < 4.78 is 18.4. The number of amides is 1. The number of halogens is 1. The summed E-state index contributed by atoms with van der Waals surface area (Å²) in [6.07, 6.45) is 0.00310. The van der Waals surface area contributed by atoms with Crippen molar-refractivity contribution >= 4 is 23.3 Å². The van der Waals surface area contributed by atoms with Gasteiger partial charge in [-0.15, -0.1) is 0 Å². The second-order valence-electron chi connectivity index (χ2n) is 6.25. The van der Waals surface area contributed by atoms with E-state index in [9.17, 15) is 24.1 Å². The van der Waals surface area contributed by atoms with E-state index < -0.39 is 22.6 Å². The van der Waals surface area contributed by atoms with Gasteiger partial charge in [-0.05, 0) is 29.8 Å². The number of esters is 1. The molecular weight excluding hydrogens is 355 g/mol. The summed E-state index contributed by atoms with van der Waals surface area (Å²) in [7, 11) is 0. The van der Waals surface area contributed by atoms with Gasteiger partial charge in [-0.1, -0.05) is 12.1 Å². The van der Waals surface area contributed by atoms with E-state index in [-0.39, 0.29) is 24.6 Å². The highest BCUT2D eigenvalue weighted by atomic mass is 19.1. The number of carbonyl (C=O) groups excluding carboxylic acids is 2. The number of benzene rings is 2. The Bertz CT molecular complexity index is 982. The highest BCUT2D eigenvalue weighted by molar-refractivity contribution is 6.06. The lowest BCUT2D eigenvalue weighted by molar-refractivity contribution is -0.384. The molecule has 0 N–H and O–H groups in total. The van der Waals surface area contributed by atoms with Gasteiger partial charge in [0.2, 0.25) is 5.91 Å². The molecule has 27 heavy (non-hydrogen) atoms. The Morgan fingerprint density at radius 1 is 1.07 bits per heavy atom. The van der Waals surface area contributed by atoms with Gasteiger partial charge in [0.1, 0.15) is 12.4 Å². The van der Waals surface area contributed by atoms with Gasteiger partial charge in [0.15, 0.2) is 0 Å². The Balaban J connectivity index is 1.77. The number of nitro benzene ring substituents is 1. The quantitative estimate of drug-likeness (QED) is 0.472. The number of rotatable bonds is 3. The van der Waals surface area contributed by atoms with E-state index in [1.165, 1.54) is 41.3 Å². The summed E-state index contributed by atoms with van der Waals surface area (Å²) in [4.78, 5) is 36.8. The molecule has 0 bridgehead atoms. The van der Waals surface area contributed by atoms with Gasteiger partial charge in [0.05, 0.1) is 16.2 Å². The summed E-state index contributed by atoms with van der Waals surface area (Å²) in [5, 5.41) is 10.8. The second-order valence-corrected chi connectivity index (χ2v) is 6.25. The largest absolute Gasteiger partial charge is 0.456 e. The predicted octanol–water partition coefficient (Wildman–Crippen LogP) is 3.07. The maximum atomic E-state index is 13.2. The molecule has 8 heteroatoms. The van der Waals surface area contributed by atoms with Crippen molar-refractivity contribution in [1.29, 1.82) is 0 Å². The molecule has 136 valence electrons. The van der Waals surface area contributed by atoms with Crippen LogP contribution in [0.15, 0.2) is 59.8 Å².